The first-order valence-corrected chi connectivity index (χ1v) is 10.6. The number of hydrogen-bond acceptors (Lipinski definition) is 3. The highest BCUT2D eigenvalue weighted by Crippen LogP contribution is 2.34. The van der Waals surface area contributed by atoms with Crippen molar-refractivity contribution in [1.82, 2.24) is 20.4 Å². The summed E-state index contributed by atoms with van der Waals surface area (Å²) in [7, 11) is 4.31. The number of rotatable bonds is 7. The second-order valence-electron chi connectivity index (χ2n) is 8.48. The third-order valence-corrected chi connectivity index (χ3v) is 6.16. The van der Waals surface area contributed by atoms with E-state index in [1.807, 2.05) is 0 Å². The van der Waals surface area contributed by atoms with Crippen molar-refractivity contribution in [1.29, 1.82) is 0 Å². The number of nitrogens with one attached hydrogen (secondary N) is 2. The second-order valence-corrected chi connectivity index (χ2v) is 8.48. The lowest BCUT2D eigenvalue weighted by molar-refractivity contribution is -0.134. The lowest BCUT2D eigenvalue weighted by Gasteiger charge is -2.24. The summed E-state index contributed by atoms with van der Waals surface area (Å²) in [6, 6.07) is 0.853. The molecule has 0 aromatic rings. The number of guanidine groups is 1. The molecule has 0 aromatic carbocycles. The van der Waals surface area contributed by atoms with E-state index in [1.54, 1.807) is 0 Å². The van der Waals surface area contributed by atoms with Crippen molar-refractivity contribution in [2.24, 2.45) is 16.8 Å². The molecule has 2 atom stereocenters. The van der Waals surface area contributed by atoms with Gasteiger partial charge in [0.05, 0.1) is 6.54 Å². The summed E-state index contributed by atoms with van der Waals surface area (Å²) in [6.07, 6.45) is 8.30. The van der Waals surface area contributed by atoms with Crippen molar-refractivity contribution in [3.8, 4) is 0 Å². The van der Waals surface area contributed by atoms with E-state index < -0.39 is 0 Å². The van der Waals surface area contributed by atoms with Gasteiger partial charge in [-0.3, -0.25) is 9.79 Å². The van der Waals surface area contributed by atoms with E-state index in [-0.39, 0.29) is 5.92 Å². The van der Waals surface area contributed by atoms with Crippen molar-refractivity contribution >= 4 is 11.9 Å². The van der Waals surface area contributed by atoms with Gasteiger partial charge < -0.3 is 20.4 Å². The van der Waals surface area contributed by atoms with Gasteiger partial charge >= 0.3 is 0 Å². The molecule has 0 aromatic heterocycles. The van der Waals surface area contributed by atoms with Crippen molar-refractivity contribution < 1.29 is 4.79 Å². The standard InChI is InChI=1S/C20H37N5O/c1-4-21-20(22-13-18(24(2)3)15-9-10-15)23-17-11-12-25(14-17)19(26)16-7-5-6-8-16/h15-18H,4-14H2,1-3H3,(H2,21,22,23). The quantitative estimate of drug-likeness (QED) is 0.534. The number of aliphatic imine (C=N–C) groups is 1. The normalized spacial score (nSPS) is 25.8. The van der Waals surface area contributed by atoms with Crippen LogP contribution >= 0.6 is 0 Å². The maximum Gasteiger partial charge on any atom is 0.225 e. The second kappa shape index (κ2) is 9.07. The molecule has 6 heteroatoms. The minimum Gasteiger partial charge on any atom is -0.357 e. The van der Waals surface area contributed by atoms with Crippen LogP contribution in [0.25, 0.3) is 0 Å². The molecule has 2 unspecified atom stereocenters. The van der Waals surface area contributed by atoms with E-state index >= 15 is 0 Å². The first-order chi connectivity index (χ1) is 12.6. The van der Waals surface area contributed by atoms with E-state index in [4.69, 9.17) is 4.99 Å². The average molecular weight is 364 g/mol. The maximum absolute atomic E-state index is 12.6. The lowest BCUT2D eigenvalue weighted by Crippen LogP contribution is -2.46. The summed E-state index contributed by atoms with van der Waals surface area (Å²) in [5, 5.41) is 6.95. The number of nitrogens with zero attached hydrogens (tertiary/aromatic N) is 3. The Kier molecular flexibility index (Phi) is 6.79. The summed E-state index contributed by atoms with van der Waals surface area (Å²) in [5.74, 6) is 2.38. The average Bonchev–Trinajstić information content (AvgIpc) is 3.11. The number of carbonyl (C=O) groups is 1. The van der Waals surface area contributed by atoms with E-state index in [0.717, 1.165) is 57.3 Å². The molecule has 3 rings (SSSR count). The molecule has 2 aliphatic carbocycles. The van der Waals surface area contributed by atoms with Gasteiger partial charge in [0.25, 0.3) is 0 Å². The van der Waals surface area contributed by atoms with Crippen molar-refractivity contribution in [2.45, 2.75) is 64.0 Å². The van der Waals surface area contributed by atoms with Crippen LogP contribution in [0.1, 0.15) is 51.9 Å². The minimum atomic E-state index is 0.287. The summed E-state index contributed by atoms with van der Waals surface area (Å²) in [4.78, 5) is 21.9. The van der Waals surface area contributed by atoms with Crippen LogP contribution in [0.2, 0.25) is 0 Å². The highest BCUT2D eigenvalue weighted by atomic mass is 16.2. The zero-order valence-corrected chi connectivity index (χ0v) is 16.8. The molecule has 6 nitrogen and oxygen atoms in total. The Balaban J connectivity index is 1.51. The zero-order chi connectivity index (χ0) is 18.5. The Labute approximate surface area is 158 Å². The van der Waals surface area contributed by atoms with Gasteiger partial charge in [-0.1, -0.05) is 12.8 Å². The molecule has 0 radical (unpaired) electrons. The highest BCUT2D eigenvalue weighted by molar-refractivity contribution is 5.81. The number of likely N-dealkylation sites (tertiary alicyclic amines) is 1. The Hall–Kier alpha value is -1.30. The topological polar surface area (TPSA) is 60.0 Å². The van der Waals surface area contributed by atoms with Gasteiger partial charge in [0, 0.05) is 37.6 Å². The fraction of sp³-hybridized carbons (Fsp3) is 0.900. The molecule has 0 spiro atoms. The molecule has 3 aliphatic rings. The largest absolute Gasteiger partial charge is 0.357 e. The molecule has 1 aliphatic heterocycles. The third-order valence-electron chi connectivity index (χ3n) is 6.16. The molecule has 1 saturated heterocycles. The fourth-order valence-corrected chi connectivity index (χ4v) is 4.42. The maximum atomic E-state index is 12.6. The van der Waals surface area contributed by atoms with Crippen LogP contribution in [0, 0.1) is 11.8 Å². The Morgan fingerprint density at radius 1 is 1.19 bits per heavy atom. The Morgan fingerprint density at radius 2 is 1.92 bits per heavy atom. The fourth-order valence-electron chi connectivity index (χ4n) is 4.42. The molecule has 1 heterocycles. The summed E-state index contributed by atoms with van der Waals surface area (Å²) >= 11 is 0. The van der Waals surface area contributed by atoms with Crippen LogP contribution in [0.15, 0.2) is 4.99 Å². The molecule has 0 bridgehead atoms. The monoisotopic (exact) mass is 363 g/mol. The molecular formula is C20H37N5O. The van der Waals surface area contributed by atoms with Crippen LogP contribution in [-0.4, -0.2) is 74.0 Å². The van der Waals surface area contributed by atoms with E-state index in [9.17, 15) is 4.79 Å². The zero-order valence-electron chi connectivity index (χ0n) is 16.8. The Bertz CT molecular complexity index is 494. The minimum absolute atomic E-state index is 0.287. The molecule has 148 valence electrons. The van der Waals surface area contributed by atoms with Crippen LogP contribution in [0.5, 0.6) is 0 Å². The van der Waals surface area contributed by atoms with E-state index in [1.165, 1.54) is 25.7 Å². The predicted octanol–water partition coefficient (Wildman–Crippen LogP) is 1.67. The lowest BCUT2D eigenvalue weighted by atomic mass is 10.1. The number of likely N-dealkylation sites (N-methyl/N-ethyl adjacent to an activating group) is 1. The molecule has 2 saturated carbocycles. The van der Waals surface area contributed by atoms with Gasteiger partial charge in [0.15, 0.2) is 5.96 Å². The van der Waals surface area contributed by atoms with Crippen molar-refractivity contribution in [3.05, 3.63) is 0 Å². The van der Waals surface area contributed by atoms with Gasteiger partial charge in [-0.05, 0) is 59.0 Å². The highest BCUT2D eigenvalue weighted by Gasteiger charge is 2.34. The van der Waals surface area contributed by atoms with Gasteiger partial charge in [-0.2, -0.15) is 0 Å². The Morgan fingerprint density at radius 3 is 2.54 bits per heavy atom. The first-order valence-electron chi connectivity index (χ1n) is 10.6. The van der Waals surface area contributed by atoms with Crippen molar-refractivity contribution in [3.63, 3.8) is 0 Å². The number of hydrogen-bond donors (Lipinski definition) is 2. The molecule has 1 amide bonds. The molecule has 26 heavy (non-hydrogen) atoms. The summed E-state index contributed by atoms with van der Waals surface area (Å²) < 4.78 is 0. The molecule has 3 fully saturated rings. The SMILES string of the molecule is CCNC(=NCC(C1CC1)N(C)C)NC1CCN(C(=O)C2CCCC2)C1. The third kappa shape index (κ3) is 5.12. The van der Waals surface area contributed by atoms with Crippen LogP contribution in [0.3, 0.4) is 0 Å². The molecular weight excluding hydrogens is 326 g/mol. The van der Waals surface area contributed by atoms with Crippen LogP contribution in [-0.2, 0) is 4.79 Å². The van der Waals surface area contributed by atoms with Gasteiger partial charge in [0.2, 0.25) is 5.91 Å². The van der Waals surface area contributed by atoms with Crippen LogP contribution in [0.4, 0.5) is 0 Å². The van der Waals surface area contributed by atoms with Crippen molar-refractivity contribution in [2.75, 3.05) is 40.3 Å². The predicted molar refractivity (Wildman–Crippen MR) is 106 cm³/mol. The van der Waals surface area contributed by atoms with Gasteiger partial charge in [0.1, 0.15) is 0 Å². The van der Waals surface area contributed by atoms with E-state index in [0.29, 0.717) is 18.0 Å². The van der Waals surface area contributed by atoms with Gasteiger partial charge in [-0.15, -0.1) is 0 Å². The number of amides is 1. The van der Waals surface area contributed by atoms with E-state index in [2.05, 4.69) is 41.5 Å². The molecule has 2 N–H and O–H groups in total. The smallest absolute Gasteiger partial charge is 0.225 e. The van der Waals surface area contributed by atoms with Crippen LogP contribution < -0.4 is 10.6 Å². The summed E-state index contributed by atoms with van der Waals surface area (Å²) in [5.41, 5.74) is 0. The summed E-state index contributed by atoms with van der Waals surface area (Å²) in [6.45, 7) is 5.50. The number of carbonyl (C=O) groups excluding carboxylic acids is 1. The van der Waals surface area contributed by atoms with Gasteiger partial charge in [-0.25, -0.2) is 0 Å². The first kappa shape index (κ1) is 19.5.